The molecule has 136 valence electrons. The molecule has 1 heterocycles. The lowest BCUT2D eigenvalue weighted by molar-refractivity contribution is -0.119. The van der Waals surface area contributed by atoms with Crippen molar-refractivity contribution in [3.8, 4) is 5.75 Å². The van der Waals surface area contributed by atoms with Crippen molar-refractivity contribution in [1.82, 2.24) is 15.5 Å². The van der Waals surface area contributed by atoms with Gasteiger partial charge in [0.1, 0.15) is 5.75 Å². The zero-order valence-corrected chi connectivity index (χ0v) is 16.1. The number of nitrogens with zero attached hydrogens (tertiary/aromatic N) is 2. The molecule has 0 unspecified atom stereocenters. The minimum Gasteiger partial charge on any atom is -0.497 e. The van der Waals surface area contributed by atoms with Crippen LogP contribution in [0.5, 0.6) is 5.75 Å². The molecular weight excluding hydrogens is 360 g/mol. The van der Waals surface area contributed by atoms with E-state index in [9.17, 15) is 4.79 Å². The van der Waals surface area contributed by atoms with E-state index in [2.05, 4.69) is 20.8 Å². The summed E-state index contributed by atoms with van der Waals surface area (Å²) in [5.41, 5.74) is 1.12. The smallest absolute Gasteiger partial charge is 0.230 e. The SMILES string of the molecule is COC[C@@H](C)NC(=O)CSc1nnc(NCc2ccc(OC)cc2)s1. The number of aromatic nitrogens is 2. The van der Waals surface area contributed by atoms with Gasteiger partial charge in [0.15, 0.2) is 4.34 Å². The van der Waals surface area contributed by atoms with Crippen LogP contribution in [-0.2, 0) is 16.1 Å². The fraction of sp³-hybridized carbons (Fsp3) is 0.438. The molecular formula is C16H22N4O3S2. The van der Waals surface area contributed by atoms with Gasteiger partial charge in [-0.05, 0) is 24.6 Å². The molecule has 1 amide bonds. The predicted molar refractivity (Wildman–Crippen MR) is 100 cm³/mol. The van der Waals surface area contributed by atoms with Crippen LogP contribution in [0, 0.1) is 0 Å². The minimum absolute atomic E-state index is 0.00533. The molecule has 0 radical (unpaired) electrons. The maximum atomic E-state index is 11.8. The number of methoxy groups -OCH3 is 2. The number of ether oxygens (including phenoxy) is 2. The maximum Gasteiger partial charge on any atom is 0.230 e. The largest absolute Gasteiger partial charge is 0.497 e. The van der Waals surface area contributed by atoms with Gasteiger partial charge >= 0.3 is 0 Å². The topological polar surface area (TPSA) is 85.4 Å². The van der Waals surface area contributed by atoms with Crippen molar-refractivity contribution in [1.29, 1.82) is 0 Å². The second-order valence-corrected chi connectivity index (χ2v) is 7.49. The predicted octanol–water partition coefficient (Wildman–Crippen LogP) is 2.40. The average molecular weight is 383 g/mol. The van der Waals surface area contributed by atoms with Gasteiger partial charge in [-0.3, -0.25) is 4.79 Å². The van der Waals surface area contributed by atoms with Crippen LogP contribution in [-0.4, -0.2) is 48.7 Å². The maximum absolute atomic E-state index is 11.8. The molecule has 0 aliphatic heterocycles. The summed E-state index contributed by atoms with van der Waals surface area (Å²) in [5, 5.41) is 15.0. The summed E-state index contributed by atoms with van der Waals surface area (Å²) in [4.78, 5) is 11.8. The van der Waals surface area contributed by atoms with Crippen molar-refractivity contribution in [2.24, 2.45) is 0 Å². The minimum atomic E-state index is -0.0440. The van der Waals surface area contributed by atoms with Crippen LogP contribution in [0.3, 0.4) is 0 Å². The van der Waals surface area contributed by atoms with E-state index in [-0.39, 0.29) is 11.9 Å². The fourth-order valence-corrected chi connectivity index (χ4v) is 3.55. The molecule has 0 bridgehead atoms. The van der Waals surface area contributed by atoms with Crippen LogP contribution in [0.25, 0.3) is 0 Å². The monoisotopic (exact) mass is 382 g/mol. The van der Waals surface area contributed by atoms with Crippen LogP contribution < -0.4 is 15.4 Å². The number of rotatable bonds is 10. The van der Waals surface area contributed by atoms with E-state index in [0.717, 1.165) is 20.8 Å². The van der Waals surface area contributed by atoms with Crippen molar-refractivity contribution in [2.75, 3.05) is 31.9 Å². The molecule has 0 saturated heterocycles. The molecule has 0 aliphatic carbocycles. The summed E-state index contributed by atoms with van der Waals surface area (Å²) in [7, 11) is 3.26. The lowest BCUT2D eigenvalue weighted by Gasteiger charge is -2.11. The van der Waals surface area contributed by atoms with E-state index in [0.29, 0.717) is 18.9 Å². The number of anilines is 1. The van der Waals surface area contributed by atoms with Crippen molar-refractivity contribution >= 4 is 34.1 Å². The highest BCUT2D eigenvalue weighted by Gasteiger charge is 2.10. The number of nitrogens with one attached hydrogen (secondary N) is 2. The summed E-state index contributed by atoms with van der Waals surface area (Å²) in [6, 6.07) is 7.82. The number of hydrogen-bond donors (Lipinski definition) is 2. The number of amides is 1. The second-order valence-electron chi connectivity index (χ2n) is 5.29. The Bertz CT molecular complexity index is 664. The van der Waals surface area contributed by atoms with E-state index in [1.807, 2.05) is 31.2 Å². The van der Waals surface area contributed by atoms with Crippen molar-refractivity contribution in [2.45, 2.75) is 23.8 Å². The highest BCUT2D eigenvalue weighted by Crippen LogP contribution is 2.25. The first-order chi connectivity index (χ1) is 12.1. The van der Waals surface area contributed by atoms with Crippen LogP contribution in [0.1, 0.15) is 12.5 Å². The van der Waals surface area contributed by atoms with Gasteiger partial charge in [-0.2, -0.15) is 0 Å². The van der Waals surface area contributed by atoms with E-state index < -0.39 is 0 Å². The van der Waals surface area contributed by atoms with Crippen molar-refractivity contribution in [3.63, 3.8) is 0 Å². The first kappa shape index (κ1) is 19.5. The Labute approximate surface area is 155 Å². The molecule has 2 rings (SSSR count). The molecule has 0 spiro atoms. The quantitative estimate of drug-likeness (QED) is 0.610. The summed E-state index contributed by atoms with van der Waals surface area (Å²) in [6.45, 7) is 3.05. The molecule has 2 aromatic rings. The van der Waals surface area contributed by atoms with Crippen LogP contribution in [0.2, 0.25) is 0 Å². The Balaban J connectivity index is 1.74. The van der Waals surface area contributed by atoms with E-state index >= 15 is 0 Å². The third-order valence-corrected chi connectivity index (χ3v) is 5.17. The van der Waals surface area contributed by atoms with Gasteiger partial charge in [0.25, 0.3) is 0 Å². The number of benzene rings is 1. The van der Waals surface area contributed by atoms with Gasteiger partial charge in [0, 0.05) is 19.7 Å². The first-order valence-electron chi connectivity index (χ1n) is 7.72. The Hall–Kier alpha value is -1.84. The third kappa shape index (κ3) is 6.89. The van der Waals surface area contributed by atoms with Gasteiger partial charge in [-0.25, -0.2) is 0 Å². The third-order valence-electron chi connectivity index (χ3n) is 3.16. The van der Waals surface area contributed by atoms with Crippen LogP contribution >= 0.6 is 23.1 Å². The van der Waals surface area contributed by atoms with E-state index in [1.165, 1.54) is 23.1 Å². The Kier molecular flexibility index (Phi) is 7.96. The molecule has 0 fully saturated rings. The van der Waals surface area contributed by atoms with Gasteiger partial charge in [-0.1, -0.05) is 35.2 Å². The number of carbonyl (C=O) groups excluding carboxylic acids is 1. The fourth-order valence-electron chi connectivity index (χ4n) is 2.00. The molecule has 9 heteroatoms. The lowest BCUT2D eigenvalue weighted by Crippen LogP contribution is -2.36. The van der Waals surface area contributed by atoms with Gasteiger partial charge in [-0.15, -0.1) is 10.2 Å². The van der Waals surface area contributed by atoms with Crippen LogP contribution in [0.4, 0.5) is 5.13 Å². The van der Waals surface area contributed by atoms with Gasteiger partial charge < -0.3 is 20.1 Å². The molecule has 25 heavy (non-hydrogen) atoms. The Morgan fingerprint density at radius 1 is 1.28 bits per heavy atom. The number of thioether (sulfide) groups is 1. The summed E-state index contributed by atoms with van der Waals surface area (Å²) in [6.07, 6.45) is 0. The van der Waals surface area contributed by atoms with Gasteiger partial charge in [0.2, 0.25) is 11.0 Å². The molecule has 0 aliphatic rings. The Morgan fingerprint density at radius 3 is 2.72 bits per heavy atom. The molecule has 0 saturated carbocycles. The Morgan fingerprint density at radius 2 is 2.04 bits per heavy atom. The average Bonchev–Trinajstić information content (AvgIpc) is 3.07. The highest BCUT2D eigenvalue weighted by atomic mass is 32.2. The molecule has 1 aromatic carbocycles. The molecule has 1 aromatic heterocycles. The standard InChI is InChI=1S/C16H22N4O3S2/c1-11(9-22-2)18-14(21)10-24-16-20-19-15(25-16)17-8-12-4-6-13(23-3)7-5-12/h4-7,11H,8-10H2,1-3H3,(H,17,19)(H,18,21)/t11-/m1/s1. The molecule has 2 N–H and O–H groups in total. The van der Waals surface area contributed by atoms with Crippen molar-refractivity contribution in [3.05, 3.63) is 29.8 Å². The zero-order valence-electron chi connectivity index (χ0n) is 14.4. The summed E-state index contributed by atoms with van der Waals surface area (Å²) in [5.74, 6) is 1.09. The van der Waals surface area contributed by atoms with E-state index in [4.69, 9.17) is 9.47 Å². The second kappa shape index (κ2) is 10.2. The molecule has 7 nitrogen and oxygen atoms in total. The van der Waals surface area contributed by atoms with Crippen LogP contribution in [0.15, 0.2) is 28.6 Å². The summed E-state index contributed by atoms with van der Waals surface area (Å²) < 4.78 is 10.9. The lowest BCUT2D eigenvalue weighted by atomic mass is 10.2. The highest BCUT2D eigenvalue weighted by molar-refractivity contribution is 8.01. The number of carbonyl (C=O) groups is 1. The van der Waals surface area contributed by atoms with Crippen molar-refractivity contribution < 1.29 is 14.3 Å². The summed E-state index contributed by atoms with van der Waals surface area (Å²) >= 11 is 2.80. The zero-order chi connectivity index (χ0) is 18.1. The molecule has 1 atom stereocenters. The normalized spacial score (nSPS) is 11.8. The first-order valence-corrected chi connectivity index (χ1v) is 9.52. The van der Waals surface area contributed by atoms with Gasteiger partial charge in [0.05, 0.1) is 19.5 Å². The number of hydrogen-bond acceptors (Lipinski definition) is 8. The van der Waals surface area contributed by atoms with E-state index in [1.54, 1.807) is 14.2 Å².